The van der Waals surface area contributed by atoms with E-state index in [1.165, 1.54) is 5.56 Å². The van der Waals surface area contributed by atoms with Crippen LogP contribution in [-0.4, -0.2) is 54.9 Å². The van der Waals surface area contributed by atoms with Gasteiger partial charge in [-0.1, -0.05) is 12.1 Å². The minimum Gasteiger partial charge on any atom is -0.497 e. The van der Waals surface area contributed by atoms with Crippen LogP contribution in [0.2, 0.25) is 0 Å². The van der Waals surface area contributed by atoms with E-state index in [9.17, 15) is 9.59 Å². The van der Waals surface area contributed by atoms with Crippen molar-refractivity contribution < 1.29 is 14.3 Å². The van der Waals surface area contributed by atoms with Crippen molar-refractivity contribution in [1.29, 1.82) is 0 Å². The highest BCUT2D eigenvalue weighted by Gasteiger charge is 2.36. The van der Waals surface area contributed by atoms with E-state index < -0.39 is 0 Å². The standard InChI is InChI=1S/C18H24N2O3/c1-19-16(6-7-17(19)21)18(22)20-10-8-13(9-11-20)14-4-3-5-15(12-14)23-2/h3-5,12-13,16H,6-11H2,1-2H3. The van der Waals surface area contributed by atoms with E-state index in [-0.39, 0.29) is 17.9 Å². The molecule has 2 fully saturated rings. The van der Waals surface area contributed by atoms with Gasteiger partial charge in [0, 0.05) is 26.6 Å². The Morgan fingerprint density at radius 3 is 2.57 bits per heavy atom. The minimum atomic E-state index is -0.254. The number of nitrogens with zero attached hydrogens (tertiary/aromatic N) is 2. The lowest BCUT2D eigenvalue weighted by Crippen LogP contribution is -2.47. The molecule has 5 heteroatoms. The number of likely N-dealkylation sites (N-methyl/N-ethyl adjacent to an activating group) is 1. The Kier molecular flexibility index (Phi) is 4.55. The number of carbonyl (C=O) groups is 2. The van der Waals surface area contributed by atoms with Gasteiger partial charge >= 0.3 is 0 Å². The summed E-state index contributed by atoms with van der Waals surface area (Å²) in [5, 5.41) is 0. The third-order valence-electron chi connectivity index (χ3n) is 5.15. The van der Waals surface area contributed by atoms with Crippen LogP contribution >= 0.6 is 0 Å². The summed E-state index contributed by atoms with van der Waals surface area (Å²) in [6.07, 6.45) is 3.07. The molecular formula is C18H24N2O3. The Morgan fingerprint density at radius 1 is 1.22 bits per heavy atom. The molecule has 0 bridgehead atoms. The van der Waals surface area contributed by atoms with E-state index in [0.29, 0.717) is 18.8 Å². The maximum absolute atomic E-state index is 12.6. The van der Waals surface area contributed by atoms with Crippen molar-refractivity contribution in [3.05, 3.63) is 29.8 Å². The van der Waals surface area contributed by atoms with Gasteiger partial charge in [-0.15, -0.1) is 0 Å². The lowest BCUT2D eigenvalue weighted by molar-refractivity contribution is -0.141. The molecule has 124 valence electrons. The molecule has 2 saturated heterocycles. The van der Waals surface area contributed by atoms with Gasteiger partial charge in [-0.3, -0.25) is 9.59 Å². The van der Waals surface area contributed by atoms with Gasteiger partial charge in [-0.25, -0.2) is 0 Å². The van der Waals surface area contributed by atoms with Gasteiger partial charge < -0.3 is 14.5 Å². The molecule has 2 heterocycles. The molecule has 1 atom stereocenters. The quantitative estimate of drug-likeness (QED) is 0.857. The number of piperidine rings is 1. The first kappa shape index (κ1) is 15.8. The van der Waals surface area contributed by atoms with Crippen molar-refractivity contribution in [2.45, 2.75) is 37.6 Å². The van der Waals surface area contributed by atoms with Crippen LogP contribution in [0.15, 0.2) is 24.3 Å². The maximum Gasteiger partial charge on any atom is 0.245 e. The van der Waals surface area contributed by atoms with Gasteiger partial charge in [0.25, 0.3) is 0 Å². The second kappa shape index (κ2) is 6.60. The van der Waals surface area contributed by atoms with Crippen LogP contribution in [-0.2, 0) is 9.59 Å². The first-order valence-corrected chi connectivity index (χ1v) is 8.28. The Morgan fingerprint density at radius 2 is 1.96 bits per heavy atom. The van der Waals surface area contributed by atoms with Crippen LogP contribution in [0.3, 0.4) is 0 Å². The normalized spacial score (nSPS) is 22.5. The van der Waals surface area contributed by atoms with Crippen LogP contribution in [0.5, 0.6) is 5.75 Å². The first-order chi connectivity index (χ1) is 11.1. The topological polar surface area (TPSA) is 49.9 Å². The molecule has 2 aliphatic heterocycles. The molecule has 5 nitrogen and oxygen atoms in total. The fourth-order valence-corrected chi connectivity index (χ4v) is 3.63. The molecule has 1 aromatic carbocycles. The summed E-state index contributed by atoms with van der Waals surface area (Å²) in [7, 11) is 3.42. The number of ether oxygens (including phenoxy) is 1. The van der Waals surface area contributed by atoms with E-state index in [1.807, 2.05) is 17.0 Å². The predicted octanol–water partition coefficient (Wildman–Crippen LogP) is 2.02. The number of likely N-dealkylation sites (tertiary alicyclic amines) is 2. The molecule has 0 radical (unpaired) electrons. The zero-order valence-electron chi connectivity index (χ0n) is 13.8. The van der Waals surface area contributed by atoms with Crippen molar-refractivity contribution in [3.63, 3.8) is 0 Å². The SMILES string of the molecule is COc1cccc(C2CCN(C(=O)C3CCC(=O)N3C)CC2)c1. The lowest BCUT2D eigenvalue weighted by Gasteiger charge is -2.35. The molecule has 23 heavy (non-hydrogen) atoms. The van der Waals surface area contributed by atoms with Crippen LogP contribution in [0.4, 0.5) is 0 Å². The summed E-state index contributed by atoms with van der Waals surface area (Å²) in [6, 6.07) is 7.94. The first-order valence-electron chi connectivity index (χ1n) is 8.28. The van der Waals surface area contributed by atoms with Gasteiger partial charge in [0.2, 0.25) is 11.8 Å². The molecule has 1 aromatic rings. The average molecular weight is 316 g/mol. The second-order valence-corrected chi connectivity index (χ2v) is 6.44. The molecular weight excluding hydrogens is 292 g/mol. The van der Waals surface area contributed by atoms with E-state index >= 15 is 0 Å². The largest absolute Gasteiger partial charge is 0.497 e. The highest BCUT2D eigenvalue weighted by molar-refractivity contribution is 5.90. The van der Waals surface area contributed by atoms with Crippen molar-refractivity contribution in [3.8, 4) is 5.75 Å². The van der Waals surface area contributed by atoms with Gasteiger partial charge in [-0.2, -0.15) is 0 Å². The molecule has 3 rings (SSSR count). The molecule has 0 saturated carbocycles. The molecule has 0 spiro atoms. The van der Waals surface area contributed by atoms with Crippen molar-refractivity contribution in [2.24, 2.45) is 0 Å². The number of carbonyl (C=O) groups excluding carboxylic acids is 2. The highest BCUT2D eigenvalue weighted by atomic mass is 16.5. The van der Waals surface area contributed by atoms with Crippen molar-refractivity contribution >= 4 is 11.8 Å². The molecule has 0 N–H and O–H groups in total. The van der Waals surface area contributed by atoms with Gasteiger partial charge in [0.1, 0.15) is 11.8 Å². The average Bonchev–Trinajstić information content (AvgIpc) is 2.93. The summed E-state index contributed by atoms with van der Waals surface area (Å²) in [5.74, 6) is 1.54. The number of hydrogen-bond donors (Lipinski definition) is 0. The van der Waals surface area contributed by atoms with Crippen molar-refractivity contribution in [2.75, 3.05) is 27.2 Å². The van der Waals surface area contributed by atoms with E-state index in [1.54, 1.807) is 19.1 Å². The van der Waals surface area contributed by atoms with Crippen LogP contribution in [0.25, 0.3) is 0 Å². The molecule has 0 aromatic heterocycles. The summed E-state index contributed by atoms with van der Waals surface area (Å²) in [4.78, 5) is 27.8. The Bertz CT molecular complexity index is 594. The maximum atomic E-state index is 12.6. The fraction of sp³-hybridized carbons (Fsp3) is 0.556. The zero-order chi connectivity index (χ0) is 16.4. The highest BCUT2D eigenvalue weighted by Crippen LogP contribution is 2.31. The second-order valence-electron chi connectivity index (χ2n) is 6.44. The fourth-order valence-electron chi connectivity index (χ4n) is 3.63. The lowest BCUT2D eigenvalue weighted by atomic mass is 9.89. The number of hydrogen-bond acceptors (Lipinski definition) is 3. The Labute approximate surface area is 137 Å². The summed E-state index contributed by atoms with van der Waals surface area (Å²) < 4.78 is 5.29. The number of amides is 2. The number of methoxy groups -OCH3 is 1. The molecule has 2 aliphatic rings. The summed E-state index contributed by atoms with van der Waals surface area (Å²) in [5.41, 5.74) is 1.28. The zero-order valence-corrected chi connectivity index (χ0v) is 13.8. The van der Waals surface area contributed by atoms with E-state index in [4.69, 9.17) is 4.74 Å². The molecule has 0 aliphatic carbocycles. The minimum absolute atomic E-state index is 0.0783. The number of rotatable bonds is 3. The smallest absolute Gasteiger partial charge is 0.245 e. The van der Waals surface area contributed by atoms with Gasteiger partial charge in [0.05, 0.1) is 7.11 Å². The third kappa shape index (κ3) is 3.19. The predicted molar refractivity (Wildman–Crippen MR) is 87.3 cm³/mol. The Balaban J connectivity index is 1.60. The van der Waals surface area contributed by atoms with Crippen molar-refractivity contribution in [1.82, 2.24) is 9.80 Å². The van der Waals surface area contributed by atoms with Crippen LogP contribution in [0.1, 0.15) is 37.2 Å². The Hall–Kier alpha value is -2.04. The number of benzene rings is 1. The van der Waals surface area contributed by atoms with E-state index in [2.05, 4.69) is 12.1 Å². The van der Waals surface area contributed by atoms with E-state index in [0.717, 1.165) is 31.7 Å². The summed E-state index contributed by atoms with van der Waals surface area (Å²) in [6.45, 7) is 1.53. The van der Waals surface area contributed by atoms with Crippen LogP contribution < -0.4 is 4.74 Å². The molecule has 2 amide bonds. The van der Waals surface area contributed by atoms with Gasteiger partial charge in [0.15, 0.2) is 0 Å². The summed E-state index contributed by atoms with van der Waals surface area (Å²) >= 11 is 0. The molecule has 1 unspecified atom stereocenters. The third-order valence-corrected chi connectivity index (χ3v) is 5.15. The van der Waals surface area contributed by atoms with Gasteiger partial charge in [-0.05, 0) is 42.9 Å². The monoisotopic (exact) mass is 316 g/mol. The van der Waals surface area contributed by atoms with Crippen LogP contribution in [0, 0.1) is 0 Å².